The van der Waals surface area contributed by atoms with Crippen molar-refractivity contribution in [1.82, 2.24) is 15.2 Å². The minimum Gasteiger partial charge on any atom is -0.277 e. The summed E-state index contributed by atoms with van der Waals surface area (Å²) in [5.74, 6) is -0.245. The van der Waals surface area contributed by atoms with Crippen LogP contribution < -0.4 is 0 Å². The number of halogens is 1. The van der Waals surface area contributed by atoms with Crippen LogP contribution in [0.15, 0.2) is 54.9 Å². The van der Waals surface area contributed by atoms with Crippen LogP contribution in [0.1, 0.15) is 0 Å². The molecule has 0 atom stereocenters. The molecular weight excluding hydrogens is 229 g/mol. The third kappa shape index (κ3) is 2.00. The molecule has 3 rings (SSSR count). The number of hydrogen-bond donors (Lipinski definition) is 1. The number of aromatic nitrogens is 3. The summed E-state index contributed by atoms with van der Waals surface area (Å²) < 4.78 is 12.8. The second kappa shape index (κ2) is 4.41. The molecule has 0 saturated carbocycles. The molecule has 3 aromatic rings. The molecule has 0 radical (unpaired) electrons. The number of benzene rings is 1. The molecule has 4 heteroatoms. The number of nitrogens with zero attached hydrogens (tertiary/aromatic N) is 2. The Morgan fingerprint density at radius 3 is 2.56 bits per heavy atom. The Morgan fingerprint density at radius 1 is 1.00 bits per heavy atom. The predicted octanol–water partition coefficient (Wildman–Crippen LogP) is 3.28. The lowest BCUT2D eigenvalue weighted by molar-refractivity contribution is 0.628. The minimum atomic E-state index is -0.245. The average molecular weight is 239 g/mol. The molecule has 18 heavy (non-hydrogen) atoms. The monoisotopic (exact) mass is 239 g/mol. The number of rotatable bonds is 2. The van der Waals surface area contributed by atoms with Gasteiger partial charge in [-0.25, -0.2) is 4.39 Å². The van der Waals surface area contributed by atoms with Crippen molar-refractivity contribution in [2.45, 2.75) is 0 Å². The lowest BCUT2D eigenvalue weighted by Gasteiger charge is -1.95. The van der Waals surface area contributed by atoms with Crippen LogP contribution in [-0.4, -0.2) is 15.2 Å². The van der Waals surface area contributed by atoms with Gasteiger partial charge in [-0.05, 0) is 48.0 Å². The van der Waals surface area contributed by atoms with Crippen molar-refractivity contribution >= 4 is 0 Å². The molecule has 3 nitrogen and oxygen atoms in total. The quantitative estimate of drug-likeness (QED) is 0.745. The first-order chi connectivity index (χ1) is 8.83. The third-order valence-corrected chi connectivity index (χ3v) is 2.69. The van der Waals surface area contributed by atoms with E-state index in [0.29, 0.717) is 0 Å². The molecule has 0 spiro atoms. The minimum absolute atomic E-state index is 0.245. The Hall–Kier alpha value is -2.49. The summed E-state index contributed by atoms with van der Waals surface area (Å²) in [6, 6.07) is 12.0. The number of hydrogen-bond acceptors (Lipinski definition) is 2. The van der Waals surface area contributed by atoms with Gasteiger partial charge in [0.05, 0.1) is 11.4 Å². The number of aromatic amines is 1. The fourth-order valence-electron chi connectivity index (χ4n) is 1.76. The molecule has 0 amide bonds. The Bertz CT molecular complexity index is 644. The van der Waals surface area contributed by atoms with E-state index in [1.807, 2.05) is 18.2 Å². The molecule has 2 heterocycles. The summed E-state index contributed by atoms with van der Waals surface area (Å²) in [5, 5.41) is 7.17. The van der Waals surface area contributed by atoms with E-state index in [1.54, 1.807) is 24.5 Å². The Kier molecular flexibility index (Phi) is 2.61. The maximum Gasteiger partial charge on any atom is 0.123 e. The van der Waals surface area contributed by atoms with Gasteiger partial charge in [-0.1, -0.05) is 0 Å². The van der Waals surface area contributed by atoms with Gasteiger partial charge in [0, 0.05) is 18.0 Å². The molecule has 0 fully saturated rings. The molecule has 0 bridgehead atoms. The van der Waals surface area contributed by atoms with E-state index in [4.69, 9.17) is 0 Å². The topological polar surface area (TPSA) is 41.6 Å². The van der Waals surface area contributed by atoms with Gasteiger partial charge in [-0.3, -0.25) is 10.1 Å². The van der Waals surface area contributed by atoms with Crippen LogP contribution in [0.25, 0.3) is 22.5 Å². The summed E-state index contributed by atoms with van der Waals surface area (Å²) in [4.78, 5) is 4.05. The van der Waals surface area contributed by atoms with Crippen LogP contribution in [0.5, 0.6) is 0 Å². The van der Waals surface area contributed by atoms with E-state index in [-0.39, 0.29) is 5.82 Å². The van der Waals surface area contributed by atoms with Gasteiger partial charge in [-0.15, -0.1) is 0 Å². The first-order valence-electron chi connectivity index (χ1n) is 5.55. The molecule has 1 N–H and O–H groups in total. The van der Waals surface area contributed by atoms with Gasteiger partial charge in [0.1, 0.15) is 5.82 Å². The molecule has 0 aliphatic rings. The highest BCUT2D eigenvalue weighted by atomic mass is 19.1. The normalized spacial score (nSPS) is 10.5. The number of nitrogens with one attached hydrogen (secondary N) is 1. The second-order valence-electron chi connectivity index (χ2n) is 3.92. The van der Waals surface area contributed by atoms with Crippen molar-refractivity contribution in [3.63, 3.8) is 0 Å². The molecule has 0 aliphatic carbocycles. The van der Waals surface area contributed by atoms with Gasteiger partial charge < -0.3 is 0 Å². The SMILES string of the molecule is Fc1ccc(-c2cc(-c3cccnc3)n[nH]2)cc1. The highest BCUT2D eigenvalue weighted by Crippen LogP contribution is 2.23. The van der Waals surface area contributed by atoms with Crippen LogP contribution in [0, 0.1) is 5.82 Å². The summed E-state index contributed by atoms with van der Waals surface area (Å²) >= 11 is 0. The van der Waals surface area contributed by atoms with Crippen LogP contribution in [0.2, 0.25) is 0 Å². The third-order valence-electron chi connectivity index (χ3n) is 2.69. The summed E-state index contributed by atoms with van der Waals surface area (Å²) in [5.41, 5.74) is 3.53. The van der Waals surface area contributed by atoms with Crippen molar-refractivity contribution in [2.24, 2.45) is 0 Å². The van der Waals surface area contributed by atoms with Gasteiger partial charge in [0.2, 0.25) is 0 Å². The summed E-state index contributed by atoms with van der Waals surface area (Å²) in [6.45, 7) is 0. The first kappa shape index (κ1) is 10.7. The van der Waals surface area contributed by atoms with E-state index in [0.717, 1.165) is 22.5 Å². The standard InChI is InChI=1S/C14H10FN3/c15-12-5-3-10(4-6-12)13-8-14(18-17-13)11-2-1-7-16-9-11/h1-9H,(H,17,18). The van der Waals surface area contributed by atoms with Crippen LogP contribution in [0.3, 0.4) is 0 Å². The van der Waals surface area contributed by atoms with Gasteiger partial charge in [-0.2, -0.15) is 5.10 Å². The van der Waals surface area contributed by atoms with Crippen molar-refractivity contribution in [3.05, 3.63) is 60.7 Å². The van der Waals surface area contributed by atoms with Crippen molar-refractivity contribution in [2.75, 3.05) is 0 Å². The largest absolute Gasteiger partial charge is 0.277 e. The number of H-pyrrole nitrogens is 1. The molecule has 0 aliphatic heterocycles. The fraction of sp³-hybridized carbons (Fsp3) is 0. The van der Waals surface area contributed by atoms with Crippen molar-refractivity contribution in [1.29, 1.82) is 0 Å². The zero-order valence-corrected chi connectivity index (χ0v) is 9.47. The molecule has 0 saturated heterocycles. The highest BCUT2D eigenvalue weighted by molar-refractivity contribution is 5.67. The zero-order chi connectivity index (χ0) is 12.4. The van der Waals surface area contributed by atoms with Gasteiger partial charge in [0.25, 0.3) is 0 Å². The van der Waals surface area contributed by atoms with Crippen molar-refractivity contribution in [3.8, 4) is 22.5 Å². The van der Waals surface area contributed by atoms with E-state index in [9.17, 15) is 4.39 Å². The molecule has 2 aromatic heterocycles. The van der Waals surface area contributed by atoms with E-state index in [1.165, 1.54) is 12.1 Å². The van der Waals surface area contributed by atoms with Gasteiger partial charge in [0.15, 0.2) is 0 Å². The molecule has 1 aromatic carbocycles. The molecular formula is C14H10FN3. The molecule has 0 unspecified atom stereocenters. The van der Waals surface area contributed by atoms with Crippen LogP contribution >= 0.6 is 0 Å². The van der Waals surface area contributed by atoms with Crippen LogP contribution in [0.4, 0.5) is 4.39 Å². The van der Waals surface area contributed by atoms with E-state index in [2.05, 4.69) is 15.2 Å². The molecule has 88 valence electrons. The predicted molar refractivity (Wildman–Crippen MR) is 67.2 cm³/mol. The Morgan fingerprint density at radius 2 is 1.83 bits per heavy atom. The summed E-state index contributed by atoms with van der Waals surface area (Å²) in [7, 11) is 0. The summed E-state index contributed by atoms with van der Waals surface area (Å²) in [6.07, 6.45) is 3.47. The number of pyridine rings is 1. The van der Waals surface area contributed by atoms with Crippen LogP contribution in [-0.2, 0) is 0 Å². The first-order valence-corrected chi connectivity index (χ1v) is 5.55. The van der Waals surface area contributed by atoms with E-state index < -0.39 is 0 Å². The maximum absolute atomic E-state index is 12.8. The smallest absolute Gasteiger partial charge is 0.123 e. The van der Waals surface area contributed by atoms with E-state index >= 15 is 0 Å². The lowest BCUT2D eigenvalue weighted by Crippen LogP contribution is -1.78. The lowest BCUT2D eigenvalue weighted by atomic mass is 10.1. The average Bonchev–Trinajstić information content (AvgIpc) is 2.90. The second-order valence-corrected chi connectivity index (χ2v) is 3.92. The zero-order valence-electron chi connectivity index (χ0n) is 9.47. The maximum atomic E-state index is 12.8. The Balaban J connectivity index is 1.97. The van der Waals surface area contributed by atoms with Gasteiger partial charge >= 0.3 is 0 Å². The highest BCUT2D eigenvalue weighted by Gasteiger charge is 2.05. The van der Waals surface area contributed by atoms with Crippen molar-refractivity contribution < 1.29 is 4.39 Å². The Labute approximate surface area is 103 Å². The fourth-order valence-corrected chi connectivity index (χ4v) is 1.76.